The minimum Gasteiger partial charge on any atom is -0.385 e. The zero-order valence-corrected chi connectivity index (χ0v) is 11.0. The van der Waals surface area contributed by atoms with Crippen LogP contribution in [0.4, 0.5) is 0 Å². The number of carbonyl (C=O) groups excluding carboxylic acids is 1. The molecule has 0 aliphatic carbocycles. The molecule has 0 aromatic carbocycles. The second kappa shape index (κ2) is 5.32. The van der Waals surface area contributed by atoms with Gasteiger partial charge in [0.15, 0.2) is 9.84 Å². The molecule has 0 spiro atoms. The van der Waals surface area contributed by atoms with Crippen molar-refractivity contribution < 1.29 is 17.9 Å². The van der Waals surface area contributed by atoms with E-state index in [2.05, 4.69) is 5.32 Å². The Hall–Kier alpha value is -0.660. The summed E-state index contributed by atoms with van der Waals surface area (Å²) < 4.78 is 27.6. The van der Waals surface area contributed by atoms with Crippen LogP contribution in [0.25, 0.3) is 0 Å². The highest BCUT2D eigenvalue weighted by Crippen LogP contribution is 2.22. The largest absolute Gasteiger partial charge is 0.385 e. The van der Waals surface area contributed by atoms with Gasteiger partial charge >= 0.3 is 0 Å². The number of rotatable bonds is 5. The zero-order chi connectivity index (χ0) is 13.1. The second-order valence-electron chi connectivity index (χ2n) is 4.78. The van der Waals surface area contributed by atoms with Gasteiger partial charge in [0, 0.05) is 13.7 Å². The molecule has 0 aromatic heterocycles. The molecule has 1 fully saturated rings. The molecule has 2 unspecified atom stereocenters. The van der Waals surface area contributed by atoms with Crippen LogP contribution in [-0.4, -0.2) is 51.1 Å². The summed E-state index contributed by atoms with van der Waals surface area (Å²) in [5.74, 6) is -0.207. The van der Waals surface area contributed by atoms with E-state index >= 15 is 0 Å². The van der Waals surface area contributed by atoms with Gasteiger partial charge in [0.05, 0.1) is 23.1 Å². The first-order chi connectivity index (χ1) is 7.78. The molecule has 1 amide bonds. The maximum absolute atomic E-state index is 11.7. The van der Waals surface area contributed by atoms with Crippen LogP contribution in [-0.2, 0) is 19.4 Å². The van der Waals surface area contributed by atoms with E-state index in [9.17, 15) is 13.2 Å². The average Bonchev–Trinajstić information content (AvgIpc) is 2.49. The van der Waals surface area contributed by atoms with Crippen molar-refractivity contribution in [2.75, 3.05) is 25.2 Å². The third-order valence-electron chi connectivity index (χ3n) is 2.90. The summed E-state index contributed by atoms with van der Waals surface area (Å²) >= 11 is 0. The highest BCUT2D eigenvalue weighted by atomic mass is 32.2. The molecule has 1 heterocycles. The van der Waals surface area contributed by atoms with E-state index in [1.165, 1.54) is 7.11 Å². The molecule has 100 valence electrons. The van der Waals surface area contributed by atoms with Crippen LogP contribution in [0.1, 0.15) is 19.8 Å². The highest BCUT2D eigenvalue weighted by molar-refractivity contribution is 7.91. The highest BCUT2D eigenvalue weighted by Gasteiger charge is 2.39. The Bertz CT molecular complexity index is 382. The first-order valence-corrected chi connectivity index (χ1v) is 7.37. The molecule has 0 bridgehead atoms. The number of nitrogens with two attached hydrogens (primary N) is 1. The number of hydrogen-bond acceptors (Lipinski definition) is 5. The minimum atomic E-state index is -3.02. The lowest BCUT2D eigenvalue weighted by atomic mass is 10.0. The molecule has 2 atom stereocenters. The second-order valence-corrected chi connectivity index (χ2v) is 6.96. The van der Waals surface area contributed by atoms with Crippen molar-refractivity contribution in [3.63, 3.8) is 0 Å². The van der Waals surface area contributed by atoms with Crippen LogP contribution in [0.15, 0.2) is 0 Å². The van der Waals surface area contributed by atoms with Crippen molar-refractivity contribution in [3.8, 4) is 0 Å². The Morgan fingerprint density at radius 3 is 2.71 bits per heavy atom. The van der Waals surface area contributed by atoms with Gasteiger partial charge in [-0.2, -0.15) is 0 Å². The van der Waals surface area contributed by atoms with E-state index in [1.54, 1.807) is 6.92 Å². The van der Waals surface area contributed by atoms with Crippen LogP contribution in [0.5, 0.6) is 0 Å². The van der Waals surface area contributed by atoms with Gasteiger partial charge in [0.25, 0.3) is 0 Å². The van der Waals surface area contributed by atoms with Crippen LogP contribution in [0.2, 0.25) is 0 Å². The lowest BCUT2D eigenvalue weighted by molar-refractivity contribution is -0.124. The van der Waals surface area contributed by atoms with Crippen molar-refractivity contribution in [2.24, 2.45) is 5.73 Å². The number of amides is 1. The van der Waals surface area contributed by atoms with Gasteiger partial charge in [-0.05, 0) is 19.8 Å². The van der Waals surface area contributed by atoms with Gasteiger partial charge in [0.2, 0.25) is 5.91 Å². The fourth-order valence-electron chi connectivity index (χ4n) is 1.88. The third-order valence-corrected chi connectivity index (χ3v) is 4.80. The summed E-state index contributed by atoms with van der Waals surface area (Å²) in [7, 11) is -1.49. The van der Waals surface area contributed by atoms with E-state index < -0.39 is 21.4 Å². The predicted octanol–water partition coefficient (Wildman–Crippen LogP) is -0.956. The van der Waals surface area contributed by atoms with E-state index in [4.69, 9.17) is 10.5 Å². The number of nitrogens with one attached hydrogen (secondary N) is 1. The molecule has 3 N–H and O–H groups in total. The Labute approximate surface area is 102 Å². The Kier molecular flexibility index (Phi) is 4.51. The standard InChI is InChI=1S/C10H20N2O4S/c1-10(4-6-17(14,15)7-10)12-9(13)8(11)3-5-16-2/h8H,3-7,11H2,1-2H3,(H,12,13). The number of sulfone groups is 1. The third kappa shape index (κ3) is 4.25. The van der Waals surface area contributed by atoms with Crippen LogP contribution < -0.4 is 11.1 Å². The molecular formula is C10H20N2O4S. The van der Waals surface area contributed by atoms with Crippen molar-refractivity contribution in [1.82, 2.24) is 5.32 Å². The Morgan fingerprint density at radius 2 is 2.24 bits per heavy atom. The first-order valence-electron chi connectivity index (χ1n) is 5.55. The predicted molar refractivity (Wildman–Crippen MR) is 64.3 cm³/mol. The molecule has 17 heavy (non-hydrogen) atoms. The molecule has 0 saturated carbocycles. The summed E-state index contributed by atoms with van der Waals surface area (Å²) in [5, 5.41) is 2.72. The molecule has 1 aliphatic heterocycles. The average molecular weight is 264 g/mol. The van der Waals surface area contributed by atoms with Gasteiger partial charge in [-0.1, -0.05) is 0 Å². The fraction of sp³-hybridized carbons (Fsp3) is 0.900. The molecule has 1 saturated heterocycles. The van der Waals surface area contributed by atoms with E-state index in [-0.39, 0.29) is 17.4 Å². The molecule has 1 rings (SSSR count). The van der Waals surface area contributed by atoms with Gasteiger partial charge in [0.1, 0.15) is 0 Å². The van der Waals surface area contributed by atoms with Crippen LogP contribution in [0.3, 0.4) is 0 Å². The van der Waals surface area contributed by atoms with Crippen molar-refractivity contribution >= 4 is 15.7 Å². The smallest absolute Gasteiger partial charge is 0.237 e. The van der Waals surface area contributed by atoms with Crippen LogP contribution >= 0.6 is 0 Å². The van der Waals surface area contributed by atoms with Gasteiger partial charge in [-0.3, -0.25) is 4.79 Å². The number of carbonyl (C=O) groups is 1. The number of ether oxygens (including phenoxy) is 1. The summed E-state index contributed by atoms with van der Waals surface area (Å²) in [6, 6.07) is -0.657. The fourth-order valence-corrected chi connectivity index (χ4v) is 3.97. The maximum Gasteiger partial charge on any atom is 0.237 e. The summed E-state index contributed by atoms with van der Waals surface area (Å²) in [6.07, 6.45) is 0.864. The van der Waals surface area contributed by atoms with Gasteiger partial charge in [-0.25, -0.2) is 8.42 Å². The van der Waals surface area contributed by atoms with E-state index in [0.717, 1.165) is 0 Å². The normalized spacial score (nSPS) is 28.9. The summed E-state index contributed by atoms with van der Waals surface area (Å²) in [6.45, 7) is 2.14. The topological polar surface area (TPSA) is 98.5 Å². The van der Waals surface area contributed by atoms with E-state index in [1.807, 2.05) is 0 Å². The van der Waals surface area contributed by atoms with Crippen molar-refractivity contribution in [3.05, 3.63) is 0 Å². The van der Waals surface area contributed by atoms with Crippen molar-refractivity contribution in [2.45, 2.75) is 31.3 Å². The zero-order valence-electron chi connectivity index (χ0n) is 10.2. The van der Waals surface area contributed by atoms with Crippen molar-refractivity contribution in [1.29, 1.82) is 0 Å². The lowest BCUT2D eigenvalue weighted by Crippen LogP contribution is -2.53. The minimum absolute atomic E-state index is 0.0112. The molecule has 0 aromatic rings. The quantitative estimate of drug-likeness (QED) is 0.666. The maximum atomic E-state index is 11.7. The monoisotopic (exact) mass is 264 g/mol. The SMILES string of the molecule is COCCC(N)C(=O)NC1(C)CCS(=O)(=O)C1. The molecule has 1 aliphatic rings. The van der Waals surface area contributed by atoms with Gasteiger partial charge in [-0.15, -0.1) is 0 Å². The molecule has 7 heteroatoms. The van der Waals surface area contributed by atoms with Crippen LogP contribution in [0, 0.1) is 0 Å². The number of hydrogen-bond donors (Lipinski definition) is 2. The lowest BCUT2D eigenvalue weighted by Gasteiger charge is -2.25. The summed E-state index contributed by atoms with van der Waals surface area (Å²) in [4.78, 5) is 11.7. The van der Waals surface area contributed by atoms with Gasteiger partial charge < -0.3 is 15.8 Å². The molecule has 0 radical (unpaired) electrons. The Morgan fingerprint density at radius 1 is 1.59 bits per heavy atom. The molecule has 6 nitrogen and oxygen atoms in total. The Balaban J connectivity index is 2.51. The van der Waals surface area contributed by atoms with E-state index in [0.29, 0.717) is 19.4 Å². The summed E-state index contributed by atoms with van der Waals surface area (Å²) in [5.41, 5.74) is 4.99. The number of methoxy groups -OCH3 is 1. The molecular weight excluding hydrogens is 244 g/mol. The first kappa shape index (κ1) is 14.4.